The van der Waals surface area contributed by atoms with Crippen molar-refractivity contribution >= 4 is 0 Å². The van der Waals surface area contributed by atoms with E-state index in [1.54, 1.807) is 4.68 Å². The fourth-order valence-corrected chi connectivity index (χ4v) is 1.69. The first-order chi connectivity index (χ1) is 8.11. The predicted octanol–water partition coefficient (Wildman–Crippen LogP) is 1.56. The molecule has 0 aromatic carbocycles. The Labute approximate surface area is 101 Å². The normalized spacial score (nSPS) is 12.7. The van der Waals surface area contributed by atoms with E-state index in [-0.39, 0.29) is 6.04 Å². The topological polar surface area (TPSA) is 55.6 Å². The Morgan fingerprint density at radius 1 is 1.29 bits per heavy atom. The summed E-state index contributed by atoms with van der Waals surface area (Å²) in [6.45, 7) is 5.89. The summed E-state index contributed by atoms with van der Waals surface area (Å²) in [6, 6.07) is 4.27. The number of rotatable bonds is 3. The van der Waals surface area contributed by atoms with Crippen molar-refractivity contribution in [3.8, 4) is 5.69 Å². The van der Waals surface area contributed by atoms with Gasteiger partial charge in [0.05, 0.1) is 17.6 Å². The van der Waals surface area contributed by atoms with E-state index in [9.17, 15) is 0 Å². The van der Waals surface area contributed by atoms with Gasteiger partial charge in [0.25, 0.3) is 0 Å². The average Bonchev–Trinajstić information content (AvgIpc) is 2.68. The molecule has 0 amide bonds. The molecule has 0 aliphatic carbocycles. The maximum absolute atomic E-state index is 4.43. The molecule has 1 unspecified atom stereocenters. The minimum Gasteiger partial charge on any atom is -0.312 e. The van der Waals surface area contributed by atoms with E-state index in [1.165, 1.54) is 0 Å². The third-order valence-corrected chi connectivity index (χ3v) is 2.77. The van der Waals surface area contributed by atoms with Crippen LogP contribution >= 0.6 is 0 Å². The summed E-state index contributed by atoms with van der Waals surface area (Å²) in [5.74, 6) is 1.65. The van der Waals surface area contributed by atoms with Gasteiger partial charge in [0.15, 0.2) is 0 Å². The fourth-order valence-electron chi connectivity index (χ4n) is 1.69. The minimum atomic E-state index is 0.252. The van der Waals surface area contributed by atoms with Gasteiger partial charge in [-0.3, -0.25) is 4.98 Å². The average molecular weight is 231 g/mol. The summed E-state index contributed by atoms with van der Waals surface area (Å²) in [5, 5.41) is 7.48. The third-order valence-electron chi connectivity index (χ3n) is 2.77. The van der Waals surface area contributed by atoms with Crippen molar-refractivity contribution in [2.45, 2.75) is 26.8 Å². The SMILES string of the molecule is CNC(C)c1ccc(-n2nc(C)nc2C)cn1. The lowest BCUT2D eigenvalue weighted by Gasteiger charge is -2.10. The van der Waals surface area contributed by atoms with E-state index in [2.05, 4.69) is 27.3 Å². The Balaban J connectivity index is 2.32. The van der Waals surface area contributed by atoms with E-state index >= 15 is 0 Å². The van der Waals surface area contributed by atoms with Crippen LogP contribution in [0.15, 0.2) is 18.3 Å². The fraction of sp³-hybridized carbons (Fsp3) is 0.417. The number of aryl methyl sites for hydroxylation is 2. The van der Waals surface area contributed by atoms with Gasteiger partial charge in [0, 0.05) is 6.04 Å². The lowest BCUT2D eigenvalue weighted by Crippen LogP contribution is -2.14. The van der Waals surface area contributed by atoms with E-state index in [0.717, 1.165) is 23.0 Å². The minimum absolute atomic E-state index is 0.252. The predicted molar refractivity (Wildman–Crippen MR) is 66.1 cm³/mol. The molecule has 1 N–H and O–H groups in total. The molecule has 5 heteroatoms. The van der Waals surface area contributed by atoms with Crippen LogP contribution in [0, 0.1) is 13.8 Å². The van der Waals surface area contributed by atoms with Crippen molar-refractivity contribution < 1.29 is 0 Å². The van der Waals surface area contributed by atoms with Gasteiger partial charge in [0.2, 0.25) is 0 Å². The third kappa shape index (κ3) is 2.34. The highest BCUT2D eigenvalue weighted by Crippen LogP contribution is 2.12. The Morgan fingerprint density at radius 2 is 2.06 bits per heavy atom. The lowest BCUT2D eigenvalue weighted by atomic mass is 10.2. The van der Waals surface area contributed by atoms with Gasteiger partial charge < -0.3 is 5.32 Å². The molecule has 0 saturated carbocycles. The van der Waals surface area contributed by atoms with E-state index < -0.39 is 0 Å². The summed E-state index contributed by atoms with van der Waals surface area (Å²) < 4.78 is 1.80. The molecule has 0 bridgehead atoms. The first kappa shape index (κ1) is 11.7. The standard InChI is InChI=1S/C12H17N5/c1-8(13-4)12-6-5-11(7-14-12)17-10(3)15-9(2)16-17/h5-8,13H,1-4H3. The summed E-state index contributed by atoms with van der Waals surface area (Å²) in [5.41, 5.74) is 1.96. The molecule has 17 heavy (non-hydrogen) atoms. The number of aromatic nitrogens is 4. The van der Waals surface area contributed by atoms with Gasteiger partial charge in [-0.1, -0.05) is 0 Å². The van der Waals surface area contributed by atoms with E-state index in [4.69, 9.17) is 0 Å². The molecule has 0 saturated heterocycles. The molecule has 0 fully saturated rings. The van der Waals surface area contributed by atoms with Crippen LogP contribution in [0.5, 0.6) is 0 Å². The second kappa shape index (κ2) is 4.63. The molecule has 1 atom stereocenters. The Hall–Kier alpha value is -1.75. The van der Waals surface area contributed by atoms with Gasteiger partial charge in [0.1, 0.15) is 11.6 Å². The molecular weight excluding hydrogens is 214 g/mol. The van der Waals surface area contributed by atoms with Crippen LogP contribution < -0.4 is 5.32 Å². The molecule has 2 aromatic rings. The van der Waals surface area contributed by atoms with Crippen molar-refractivity contribution in [3.63, 3.8) is 0 Å². The van der Waals surface area contributed by atoms with Gasteiger partial charge in [-0.05, 0) is 40.0 Å². The summed E-state index contributed by atoms with van der Waals surface area (Å²) in [6.07, 6.45) is 1.82. The molecule has 90 valence electrons. The van der Waals surface area contributed by atoms with Crippen molar-refractivity contribution in [2.24, 2.45) is 0 Å². The van der Waals surface area contributed by atoms with Gasteiger partial charge in [-0.15, -0.1) is 0 Å². The molecule has 0 spiro atoms. The zero-order valence-electron chi connectivity index (χ0n) is 10.6. The van der Waals surface area contributed by atoms with Crippen molar-refractivity contribution in [2.75, 3.05) is 7.05 Å². The zero-order chi connectivity index (χ0) is 12.4. The van der Waals surface area contributed by atoms with Crippen molar-refractivity contribution in [1.29, 1.82) is 0 Å². The summed E-state index contributed by atoms with van der Waals surface area (Å²) >= 11 is 0. The smallest absolute Gasteiger partial charge is 0.148 e. The second-order valence-corrected chi connectivity index (χ2v) is 4.07. The maximum atomic E-state index is 4.43. The first-order valence-electron chi connectivity index (χ1n) is 5.65. The molecule has 0 aliphatic heterocycles. The van der Waals surface area contributed by atoms with Crippen molar-refractivity contribution in [1.82, 2.24) is 25.1 Å². The van der Waals surface area contributed by atoms with Crippen LogP contribution in [-0.2, 0) is 0 Å². The number of nitrogens with zero attached hydrogens (tertiary/aromatic N) is 4. The highest BCUT2D eigenvalue weighted by Gasteiger charge is 2.07. The molecule has 0 radical (unpaired) electrons. The van der Waals surface area contributed by atoms with Crippen LogP contribution in [0.3, 0.4) is 0 Å². The van der Waals surface area contributed by atoms with Crippen LogP contribution in [0.4, 0.5) is 0 Å². The number of nitrogens with one attached hydrogen (secondary N) is 1. The van der Waals surface area contributed by atoms with E-state index in [0.29, 0.717) is 0 Å². The van der Waals surface area contributed by atoms with Crippen LogP contribution in [-0.4, -0.2) is 26.8 Å². The van der Waals surface area contributed by atoms with Crippen molar-refractivity contribution in [3.05, 3.63) is 35.7 Å². The molecule has 2 aromatic heterocycles. The van der Waals surface area contributed by atoms with Gasteiger partial charge in [-0.2, -0.15) is 5.10 Å². The van der Waals surface area contributed by atoms with Gasteiger partial charge in [-0.25, -0.2) is 9.67 Å². The van der Waals surface area contributed by atoms with E-state index in [1.807, 2.05) is 39.2 Å². The molecular formula is C12H17N5. The van der Waals surface area contributed by atoms with Crippen LogP contribution in [0.25, 0.3) is 5.69 Å². The number of pyridine rings is 1. The highest BCUT2D eigenvalue weighted by molar-refractivity contribution is 5.30. The highest BCUT2D eigenvalue weighted by atomic mass is 15.3. The monoisotopic (exact) mass is 231 g/mol. The number of hydrogen-bond donors (Lipinski definition) is 1. The Bertz CT molecular complexity index is 500. The Kier molecular flexibility index (Phi) is 3.19. The maximum Gasteiger partial charge on any atom is 0.148 e. The number of hydrogen-bond acceptors (Lipinski definition) is 4. The van der Waals surface area contributed by atoms with Crippen LogP contribution in [0.2, 0.25) is 0 Å². The summed E-state index contributed by atoms with van der Waals surface area (Å²) in [7, 11) is 1.92. The van der Waals surface area contributed by atoms with Crippen LogP contribution in [0.1, 0.15) is 30.3 Å². The molecule has 5 nitrogen and oxygen atoms in total. The second-order valence-electron chi connectivity index (χ2n) is 4.07. The zero-order valence-corrected chi connectivity index (χ0v) is 10.6. The van der Waals surface area contributed by atoms with Gasteiger partial charge >= 0.3 is 0 Å². The Morgan fingerprint density at radius 3 is 2.53 bits per heavy atom. The molecule has 2 rings (SSSR count). The summed E-state index contributed by atoms with van der Waals surface area (Å²) in [4.78, 5) is 8.70. The lowest BCUT2D eigenvalue weighted by molar-refractivity contribution is 0.632. The quantitative estimate of drug-likeness (QED) is 0.871. The first-order valence-corrected chi connectivity index (χ1v) is 5.65. The molecule has 2 heterocycles. The molecule has 0 aliphatic rings. The largest absolute Gasteiger partial charge is 0.312 e.